The molecule has 2 aromatic rings. The summed E-state index contributed by atoms with van der Waals surface area (Å²) >= 11 is 5.64. The van der Waals surface area contributed by atoms with Crippen LogP contribution in [0.2, 0.25) is 5.02 Å². The molecule has 1 heterocycles. The van der Waals surface area contributed by atoms with Gasteiger partial charge in [-0.3, -0.25) is 9.78 Å². The van der Waals surface area contributed by atoms with Crippen LogP contribution in [0.25, 0.3) is 0 Å². The monoisotopic (exact) mass is 344 g/mol. The highest BCUT2D eigenvalue weighted by Crippen LogP contribution is 2.67. The minimum Gasteiger partial charge on any atom is -0.311 e. The van der Waals surface area contributed by atoms with E-state index in [1.165, 1.54) is 17.7 Å². The van der Waals surface area contributed by atoms with Gasteiger partial charge in [0.25, 0.3) is 0 Å². The number of aromatic nitrogens is 1. The number of carbonyl (C=O) groups is 1. The lowest BCUT2D eigenvalue weighted by atomic mass is 9.37. The van der Waals surface area contributed by atoms with Crippen molar-refractivity contribution in [3.63, 3.8) is 0 Å². The maximum atomic E-state index is 13.4. The third kappa shape index (κ3) is 2.54. The van der Waals surface area contributed by atoms with Crippen molar-refractivity contribution in [3.05, 3.63) is 64.7 Å². The maximum absolute atomic E-state index is 13.4. The van der Waals surface area contributed by atoms with Gasteiger partial charge in [0.1, 0.15) is 5.82 Å². The molecule has 0 saturated heterocycles. The number of nitrogens with zero attached hydrogens (tertiary/aromatic N) is 1. The summed E-state index contributed by atoms with van der Waals surface area (Å²) in [6.45, 7) is 0.621. The van der Waals surface area contributed by atoms with Crippen LogP contribution in [0.1, 0.15) is 41.6 Å². The average Bonchev–Trinajstić information content (AvgIpc) is 2.51. The minimum absolute atomic E-state index is 0.0416. The van der Waals surface area contributed by atoms with E-state index in [9.17, 15) is 9.18 Å². The van der Waals surface area contributed by atoms with E-state index in [2.05, 4.69) is 22.4 Å². The van der Waals surface area contributed by atoms with Gasteiger partial charge in [0, 0.05) is 41.9 Å². The first-order chi connectivity index (χ1) is 11.5. The smallest absolute Gasteiger partial charge is 0.164 e. The molecule has 3 aliphatic rings. The number of ketones is 1. The molecule has 0 atom stereocenters. The van der Waals surface area contributed by atoms with E-state index < -0.39 is 5.82 Å². The number of carbonyl (C=O) groups excluding carboxylic acids is 1. The first-order valence-electron chi connectivity index (χ1n) is 8.16. The summed E-state index contributed by atoms with van der Waals surface area (Å²) < 4.78 is 13.4. The van der Waals surface area contributed by atoms with Gasteiger partial charge >= 0.3 is 0 Å². The molecule has 3 aliphatic carbocycles. The SMILES string of the molecule is O=C(CCNC12CC(c3ccncc3)(C1)C2)c1ccc(Cl)c(F)c1. The third-order valence-electron chi connectivity index (χ3n) is 5.42. The number of hydrogen-bond acceptors (Lipinski definition) is 3. The van der Waals surface area contributed by atoms with Crippen molar-refractivity contribution in [2.75, 3.05) is 6.54 Å². The molecule has 0 unspecified atom stereocenters. The zero-order valence-corrected chi connectivity index (χ0v) is 13.9. The molecule has 0 radical (unpaired) electrons. The van der Waals surface area contributed by atoms with Gasteiger partial charge in [0.05, 0.1) is 5.02 Å². The van der Waals surface area contributed by atoms with Crippen molar-refractivity contribution in [2.24, 2.45) is 0 Å². The zero-order chi connectivity index (χ0) is 16.8. The van der Waals surface area contributed by atoms with Gasteiger partial charge in [-0.05, 0) is 55.2 Å². The molecule has 1 aromatic heterocycles. The van der Waals surface area contributed by atoms with Crippen molar-refractivity contribution in [1.82, 2.24) is 10.3 Å². The van der Waals surface area contributed by atoms with E-state index in [1.54, 1.807) is 6.07 Å². The Kier molecular flexibility index (Phi) is 3.70. The number of hydrogen-bond donors (Lipinski definition) is 1. The molecule has 124 valence electrons. The lowest BCUT2D eigenvalue weighted by Crippen LogP contribution is -2.76. The van der Waals surface area contributed by atoms with E-state index in [1.807, 2.05) is 12.4 Å². The number of rotatable bonds is 6. The number of Topliss-reactive ketones (excluding diaryl/α,β-unsaturated/α-hetero) is 1. The molecule has 3 fully saturated rings. The highest BCUT2D eigenvalue weighted by molar-refractivity contribution is 6.30. The standard InChI is InChI=1S/C19H18ClFN2O/c20-15-2-1-13(9-16(15)21)17(24)5-8-23-19-10-18(11-19,12-19)14-3-6-22-7-4-14/h1-4,6-7,9,23H,5,8,10-12H2. The fourth-order valence-electron chi connectivity index (χ4n) is 4.24. The molecular formula is C19H18ClFN2O. The van der Waals surface area contributed by atoms with Gasteiger partial charge in [-0.2, -0.15) is 0 Å². The van der Waals surface area contributed by atoms with Crippen molar-refractivity contribution in [1.29, 1.82) is 0 Å². The predicted octanol–water partition coefficient (Wildman–Crippen LogP) is 3.91. The van der Waals surface area contributed by atoms with E-state index in [0.717, 1.165) is 19.3 Å². The van der Waals surface area contributed by atoms with E-state index >= 15 is 0 Å². The van der Waals surface area contributed by atoms with Crippen LogP contribution in [0.3, 0.4) is 0 Å². The molecule has 24 heavy (non-hydrogen) atoms. The Balaban J connectivity index is 1.28. The van der Waals surface area contributed by atoms with Gasteiger partial charge in [0.2, 0.25) is 0 Å². The van der Waals surface area contributed by atoms with E-state index in [-0.39, 0.29) is 16.3 Å². The Morgan fingerprint density at radius 2 is 1.92 bits per heavy atom. The minimum atomic E-state index is -0.547. The molecule has 2 bridgehead atoms. The fraction of sp³-hybridized carbons (Fsp3) is 0.368. The lowest BCUT2D eigenvalue weighted by molar-refractivity contribution is -0.0875. The highest BCUT2D eigenvalue weighted by atomic mass is 35.5. The van der Waals surface area contributed by atoms with Crippen molar-refractivity contribution >= 4 is 17.4 Å². The second-order valence-electron chi connectivity index (χ2n) is 7.06. The zero-order valence-electron chi connectivity index (χ0n) is 13.2. The second-order valence-corrected chi connectivity index (χ2v) is 7.46. The van der Waals surface area contributed by atoms with Crippen LogP contribution in [0.4, 0.5) is 4.39 Å². The maximum Gasteiger partial charge on any atom is 0.164 e. The van der Waals surface area contributed by atoms with Crippen LogP contribution in [-0.2, 0) is 5.41 Å². The number of halogens is 2. The lowest BCUT2D eigenvalue weighted by Gasteiger charge is -2.71. The molecule has 1 aromatic carbocycles. The van der Waals surface area contributed by atoms with Gasteiger partial charge in [-0.25, -0.2) is 4.39 Å². The van der Waals surface area contributed by atoms with E-state index in [4.69, 9.17) is 11.6 Å². The molecule has 5 heteroatoms. The Hall–Kier alpha value is -1.78. The quantitative estimate of drug-likeness (QED) is 0.808. The molecule has 3 nitrogen and oxygen atoms in total. The van der Waals surface area contributed by atoms with Gasteiger partial charge < -0.3 is 5.32 Å². The Morgan fingerprint density at radius 3 is 2.58 bits per heavy atom. The summed E-state index contributed by atoms with van der Waals surface area (Å²) in [5.74, 6) is -0.609. The first kappa shape index (κ1) is 15.7. The predicted molar refractivity (Wildman–Crippen MR) is 90.9 cm³/mol. The van der Waals surface area contributed by atoms with Crippen LogP contribution < -0.4 is 5.32 Å². The molecule has 0 spiro atoms. The molecule has 5 rings (SSSR count). The normalized spacial score (nSPS) is 27.2. The molecule has 1 N–H and O–H groups in total. The number of pyridine rings is 1. The average molecular weight is 345 g/mol. The van der Waals surface area contributed by atoms with Crippen LogP contribution in [0.15, 0.2) is 42.7 Å². The van der Waals surface area contributed by atoms with Crippen LogP contribution in [0.5, 0.6) is 0 Å². The van der Waals surface area contributed by atoms with E-state index in [0.29, 0.717) is 23.9 Å². The number of benzene rings is 1. The van der Waals surface area contributed by atoms with Crippen LogP contribution >= 0.6 is 11.6 Å². The Morgan fingerprint density at radius 1 is 1.21 bits per heavy atom. The molecule has 0 amide bonds. The summed E-state index contributed by atoms with van der Waals surface area (Å²) in [7, 11) is 0. The summed E-state index contributed by atoms with van der Waals surface area (Å²) in [6.07, 6.45) is 7.42. The van der Waals surface area contributed by atoms with Crippen molar-refractivity contribution in [2.45, 2.75) is 36.6 Å². The highest BCUT2D eigenvalue weighted by Gasteiger charge is 2.67. The van der Waals surface area contributed by atoms with Gasteiger partial charge in [-0.15, -0.1) is 0 Å². The van der Waals surface area contributed by atoms with Crippen molar-refractivity contribution in [3.8, 4) is 0 Å². The summed E-state index contributed by atoms with van der Waals surface area (Å²) in [4.78, 5) is 16.2. The topological polar surface area (TPSA) is 42.0 Å². The molecular weight excluding hydrogens is 327 g/mol. The van der Waals surface area contributed by atoms with Crippen LogP contribution in [-0.4, -0.2) is 22.9 Å². The Labute approximate surface area is 145 Å². The number of nitrogens with one attached hydrogen (secondary N) is 1. The van der Waals surface area contributed by atoms with Crippen molar-refractivity contribution < 1.29 is 9.18 Å². The van der Waals surface area contributed by atoms with Crippen LogP contribution in [0, 0.1) is 5.82 Å². The summed E-state index contributed by atoms with van der Waals surface area (Å²) in [5.41, 5.74) is 2.26. The van der Waals surface area contributed by atoms with Gasteiger partial charge in [0.15, 0.2) is 5.78 Å². The fourth-order valence-corrected chi connectivity index (χ4v) is 4.36. The Bertz CT molecular complexity index is 773. The summed E-state index contributed by atoms with van der Waals surface area (Å²) in [5, 5.41) is 3.57. The molecule has 0 aliphatic heterocycles. The summed E-state index contributed by atoms with van der Waals surface area (Å²) in [6, 6.07) is 8.41. The first-order valence-corrected chi connectivity index (χ1v) is 8.54. The third-order valence-corrected chi connectivity index (χ3v) is 5.72. The van der Waals surface area contributed by atoms with Gasteiger partial charge in [-0.1, -0.05) is 11.6 Å². The molecule has 3 saturated carbocycles. The largest absolute Gasteiger partial charge is 0.311 e. The second kappa shape index (κ2) is 5.64.